The smallest absolute Gasteiger partial charge is 0.407 e. The van der Waals surface area contributed by atoms with E-state index in [9.17, 15) is 24.0 Å². The minimum atomic E-state index is -0.676. The number of H-pyrrole nitrogens is 1. The number of benzene rings is 1. The fraction of sp³-hybridized carbons (Fsp3) is 0.564. The van der Waals surface area contributed by atoms with E-state index in [-0.39, 0.29) is 54.5 Å². The van der Waals surface area contributed by atoms with Crippen LogP contribution in [0.15, 0.2) is 41.5 Å². The van der Waals surface area contributed by atoms with E-state index in [4.69, 9.17) is 4.74 Å². The third-order valence-corrected chi connectivity index (χ3v) is 10.4. The number of piperidine rings is 1. The summed E-state index contributed by atoms with van der Waals surface area (Å²) in [5.41, 5.74) is 4.17. The Morgan fingerprint density at radius 1 is 1.02 bits per heavy atom. The summed E-state index contributed by atoms with van der Waals surface area (Å²) in [5, 5.41) is 19.8. The largest absolute Gasteiger partial charge is 0.446 e. The van der Waals surface area contributed by atoms with Gasteiger partial charge >= 0.3 is 11.8 Å². The molecule has 1 saturated heterocycles. The molecule has 290 valence electrons. The maximum Gasteiger partial charge on any atom is 0.407 e. The fourth-order valence-corrected chi connectivity index (χ4v) is 7.77. The van der Waals surface area contributed by atoms with Gasteiger partial charge in [-0.1, -0.05) is 44.2 Å². The molecule has 4 heterocycles. The molecule has 3 atom stereocenters. The number of ether oxygens (including phenoxy) is 1. The van der Waals surface area contributed by atoms with Gasteiger partial charge in [0.25, 0.3) is 0 Å². The van der Waals surface area contributed by atoms with Crippen molar-refractivity contribution in [2.45, 2.75) is 134 Å². The number of aryl methyl sites for hydroxylation is 3. The molecule has 1 aliphatic heterocycles. The van der Waals surface area contributed by atoms with Crippen LogP contribution in [-0.2, 0) is 45.6 Å². The number of aromatic nitrogens is 6. The van der Waals surface area contributed by atoms with E-state index >= 15 is 0 Å². The van der Waals surface area contributed by atoms with Crippen molar-refractivity contribution < 1.29 is 23.9 Å². The van der Waals surface area contributed by atoms with Gasteiger partial charge in [0.15, 0.2) is 0 Å². The minimum absolute atomic E-state index is 0.0276. The zero-order chi connectivity index (χ0) is 38.2. The lowest BCUT2D eigenvalue weighted by Crippen LogP contribution is -2.44. The van der Waals surface area contributed by atoms with Crippen LogP contribution < -0.4 is 21.6 Å². The molecule has 54 heavy (non-hydrogen) atoms. The van der Waals surface area contributed by atoms with Gasteiger partial charge in [-0.15, -0.1) is 0 Å². The molecule has 2 aliphatic rings. The van der Waals surface area contributed by atoms with Crippen LogP contribution in [0.25, 0.3) is 11.0 Å². The van der Waals surface area contributed by atoms with Gasteiger partial charge in [-0.05, 0) is 76.0 Å². The molecular weight excluding hydrogens is 690 g/mol. The molecule has 1 aromatic carbocycles. The molecular formula is C39H53N9O6. The number of hydrogen-bond acceptors (Lipinski definition) is 8. The summed E-state index contributed by atoms with van der Waals surface area (Å²) in [6.45, 7) is 4.59. The zero-order valence-corrected chi connectivity index (χ0v) is 31.6. The van der Waals surface area contributed by atoms with Crippen molar-refractivity contribution in [3.63, 3.8) is 0 Å². The maximum atomic E-state index is 13.2. The molecule has 15 heteroatoms. The highest BCUT2D eigenvalue weighted by molar-refractivity contribution is 6.00. The molecule has 4 amide bonds. The van der Waals surface area contributed by atoms with Gasteiger partial charge in [0.05, 0.1) is 29.3 Å². The second-order valence-electron chi connectivity index (χ2n) is 15.1. The molecule has 1 saturated carbocycles. The van der Waals surface area contributed by atoms with Gasteiger partial charge in [-0.2, -0.15) is 10.2 Å². The van der Waals surface area contributed by atoms with E-state index in [1.807, 2.05) is 42.9 Å². The number of amides is 4. The number of imidazole rings is 1. The summed E-state index contributed by atoms with van der Waals surface area (Å²) in [6.07, 6.45) is 14.8. The number of nitrogens with one attached hydrogen (secondary N) is 4. The van der Waals surface area contributed by atoms with Gasteiger partial charge in [-0.3, -0.25) is 38.6 Å². The van der Waals surface area contributed by atoms with E-state index in [1.165, 1.54) is 0 Å². The van der Waals surface area contributed by atoms with E-state index < -0.39 is 11.9 Å². The summed E-state index contributed by atoms with van der Waals surface area (Å²) in [5.74, 6) is -0.138. The lowest BCUT2D eigenvalue weighted by Gasteiger charge is -2.21. The molecule has 0 bridgehead atoms. The second kappa shape index (κ2) is 17.7. The van der Waals surface area contributed by atoms with Crippen molar-refractivity contribution in [1.82, 2.24) is 39.7 Å². The van der Waals surface area contributed by atoms with Crippen molar-refractivity contribution in [3.05, 3.63) is 64.0 Å². The predicted octanol–water partition coefficient (Wildman–Crippen LogP) is 5.16. The Morgan fingerprint density at radius 2 is 1.80 bits per heavy atom. The summed E-state index contributed by atoms with van der Waals surface area (Å²) >= 11 is 0. The van der Waals surface area contributed by atoms with Crippen LogP contribution in [0.1, 0.15) is 120 Å². The number of carbonyl (C=O) groups excluding carboxylic acids is 4. The fourth-order valence-electron chi connectivity index (χ4n) is 7.77. The Balaban J connectivity index is 0.851. The van der Waals surface area contributed by atoms with Crippen LogP contribution in [0.5, 0.6) is 0 Å². The van der Waals surface area contributed by atoms with Crippen molar-refractivity contribution in [1.29, 1.82) is 0 Å². The Bertz CT molecular complexity index is 2010. The Kier molecular flexibility index (Phi) is 12.7. The van der Waals surface area contributed by atoms with Gasteiger partial charge in [0.2, 0.25) is 17.7 Å². The molecule has 15 nitrogen and oxygen atoms in total. The van der Waals surface area contributed by atoms with Crippen LogP contribution in [0.4, 0.5) is 10.6 Å². The molecule has 1 unspecified atom stereocenters. The lowest BCUT2D eigenvalue weighted by molar-refractivity contribution is -0.135. The van der Waals surface area contributed by atoms with E-state index in [1.54, 1.807) is 22.4 Å². The molecule has 0 radical (unpaired) electrons. The molecule has 0 spiro atoms. The van der Waals surface area contributed by atoms with E-state index in [2.05, 4.69) is 37.3 Å². The maximum absolute atomic E-state index is 13.2. The number of unbranched alkanes of at least 4 members (excludes halogenated alkanes) is 6. The molecule has 4 aromatic rings. The van der Waals surface area contributed by atoms with Crippen LogP contribution in [-0.4, -0.2) is 65.1 Å². The SMILES string of the molecule is CC(C)NC(=O)O[C@@H]1CC[C@H](c2cc(NC(=O)Cc3cnn(CCCCCCCCCc4cccc5c4n(C)c(=O)n5C4CCC(=O)NC4=O)c3)[nH]n2)C1. The number of para-hydroxylation sites is 1. The quantitative estimate of drug-likeness (QED) is 0.0843. The number of hydrogen-bond donors (Lipinski definition) is 4. The summed E-state index contributed by atoms with van der Waals surface area (Å²) in [7, 11) is 1.75. The van der Waals surface area contributed by atoms with Crippen LogP contribution in [0, 0.1) is 0 Å². The van der Waals surface area contributed by atoms with Crippen LogP contribution in [0.3, 0.4) is 0 Å². The number of rotatable bonds is 17. The number of nitrogens with zero attached hydrogens (tertiary/aromatic N) is 5. The average Bonchev–Trinajstić information content (AvgIpc) is 3.93. The first kappa shape index (κ1) is 38.5. The number of alkyl carbamates (subject to hydrolysis) is 1. The molecule has 2 fully saturated rings. The Hall–Kier alpha value is -5.21. The third-order valence-electron chi connectivity index (χ3n) is 10.4. The normalized spacial score (nSPS) is 18.7. The molecule has 4 N–H and O–H groups in total. The summed E-state index contributed by atoms with van der Waals surface area (Å²) in [6, 6.07) is 7.09. The van der Waals surface area contributed by atoms with Crippen molar-refractivity contribution in [3.8, 4) is 0 Å². The van der Waals surface area contributed by atoms with Gasteiger partial charge in [0, 0.05) is 44.2 Å². The monoisotopic (exact) mass is 743 g/mol. The zero-order valence-electron chi connectivity index (χ0n) is 31.6. The highest BCUT2D eigenvalue weighted by Crippen LogP contribution is 2.36. The first-order valence-electron chi connectivity index (χ1n) is 19.4. The first-order chi connectivity index (χ1) is 26.0. The average molecular weight is 744 g/mol. The standard InChI is InChI=1S/C39H53N9O6/c1-25(2)41-38(52)54-29-16-15-28(21-29)30-22-33(45-44-30)42-35(50)20-26-23-40-47(24-26)19-10-8-6-4-5-7-9-12-27-13-11-14-31-36(27)46(3)39(53)48(31)32-17-18-34(49)43-37(32)51/h11,13-14,22-25,28-29,32H,4-10,12,15-21H2,1-3H3,(H,41,52)(H,43,49,51)(H2,42,44,45,50)/t28-,29+,32?/m0/s1. The molecule has 3 aromatic heterocycles. The summed E-state index contributed by atoms with van der Waals surface area (Å²) in [4.78, 5) is 62.0. The van der Waals surface area contributed by atoms with Crippen molar-refractivity contribution >= 4 is 40.7 Å². The second-order valence-corrected chi connectivity index (χ2v) is 15.1. The Morgan fingerprint density at radius 3 is 2.57 bits per heavy atom. The number of aromatic amines is 1. The van der Waals surface area contributed by atoms with Crippen LogP contribution >= 0.6 is 0 Å². The number of fused-ring (bicyclic) bond motifs is 1. The first-order valence-corrected chi connectivity index (χ1v) is 19.4. The molecule has 6 rings (SSSR count). The highest BCUT2D eigenvalue weighted by atomic mass is 16.6. The van der Waals surface area contributed by atoms with Crippen LogP contribution in [0.2, 0.25) is 0 Å². The number of imide groups is 1. The highest BCUT2D eigenvalue weighted by Gasteiger charge is 2.32. The lowest BCUT2D eigenvalue weighted by atomic mass is 10.0. The van der Waals surface area contributed by atoms with Gasteiger partial charge < -0.3 is 15.4 Å². The minimum Gasteiger partial charge on any atom is -0.446 e. The predicted molar refractivity (Wildman–Crippen MR) is 203 cm³/mol. The molecule has 1 aliphatic carbocycles. The third kappa shape index (κ3) is 9.66. The van der Waals surface area contributed by atoms with E-state index in [0.717, 1.165) is 98.6 Å². The van der Waals surface area contributed by atoms with E-state index in [0.29, 0.717) is 18.7 Å². The van der Waals surface area contributed by atoms with Crippen molar-refractivity contribution in [2.24, 2.45) is 7.05 Å². The topological polar surface area (TPSA) is 187 Å². The number of carbonyl (C=O) groups is 4. The number of anilines is 1. The summed E-state index contributed by atoms with van der Waals surface area (Å²) < 4.78 is 10.6. The van der Waals surface area contributed by atoms with Crippen molar-refractivity contribution in [2.75, 3.05) is 5.32 Å². The Labute approximate surface area is 314 Å². The van der Waals surface area contributed by atoms with Gasteiger partial charge in [0.1, 0.15) is 18.0 Å². The van der Waals surface area contributed by atoms with Gasteiger partial charge in [-0.25, -0.2) is 9.59 Å².